The van der Waals surface area contributed by atoms with Gasteiger partial charge < -0.3 is 26.1 Å². The molecule has 3 aromatic carbocycles. The minimum atomic E-state index is -5.32. The van der Waals surface area contributed by atoms with Gasteiger partial charge >= 0.3 is 12.1 Å². The Bertz CT molecular complexity index is 1610. The van der Waals surface area contributed by atoms with Crippen molar-refractivity contribution in [3.63, 3.8) is 0 Å². The number of hydrogen-bond donors (Lipinski definition) is 5. The van der Waals surface area contributed by atoms with Crippen LogP contribution >= 0.6 is 0 Å². The summed E-state index contributed by atoms with van der Waals surface area (Å²) in [5.41, 5.74) is 13.9. The van der Waals surface area contributed by atoms with Gasteiger partial charge in [0.2, 0.25) is 6.10 Å². The third-order valence-electron chi connectivity index (χ3n) is 6.09. The van der Waals surface area contributed by atoms with E-state index in [1.165, 1.54) is 6.20 Å². The number of alkyl halides is 3. The van der Waals surface area contributed by atoms with E-state index < -0.39 is 24.2 Å². The molecule has 1 unspecified atom stereocenters. The Morgan fingerprint density at radius 1 is 0.900 bits per heavy atom. The van der Waals surface area contributed by atoms with Crippen molar-refractivity contribution in [1.82, 2.24) is 9.88 Å². The molecule has 0 aliphatic carbocycles. The lowest BCUT2D eigenvalue weighted by atomic mass is 10.1. The molecule has 4 aromatic rings. The summed E-state index contributed by atoms with van der Waals surface area (Å²) in [6, 6.07) is 20.0. The first-order valence-electron chi connectivity index (χ1n) is 11.9. The average molecular weight is 551 g/mol. The van der Waals surface area contributed by atoms with Crippen molar-refractivity contribution < 1.29 is 27.5 Å². The van der Waals surface area contributed by atoms with Crippen LogP contribution in [-0.4, -0.2) is 34.3 Å². The highest BCUT2D eigenvalue weighted by Gasteiger charge is 2.44. The van der Waals surface area contributed by atoms with E-state index in [-0.39, 0.29) is 30.3 Å². The molecule has 40 heavy (non-hydrogen) atoms. The molecule has 1 aromatic heterocycles. The molecule has 0 spiro atoms. The monoisotopic (exact) mass is 550 g/mol. The van der Waals surface area contributed by atoms with Gasteiger partial charge in [-0.15, -0.1) is 0 Å². The third-order valence-corrected chi connectivity index (χ3v) is 6.09. The second kappa shape index (κ2) is 11.3. The molecule has 0 aliphatic heterocycles. The quantitative estimate of drug-likeness (QED) is 0.122. The molecule has 206 valence electrons. The van der Waals surface area contributed by atoms with E-state index in [0.717, 1.165) is 5.56 Å². The Balaban J connectivity index is 1.70. The average Bonchev–Trinajstić information content (AvgIpc) is 3.27. The molecule has 1 atom stereocenters. The van der Waals surface area contributed by atoms with E-state index >= 15 is 0 Å². The second-order valence-electron chi connectivity index (χ2n) is 8.96. The number of fused-ring (bicyclic) bond motifs is 1. The number of nitrogens with one attached hydrogen (secondary N) is 3. The number of nitrogens with two attached hydrogens (primary N) is 2. The molecule has 0 radical (unpaired) electrons. The number of para-hydroxylation sites is 1. The van der Waals surface area contributed by atoms with Crippen molar-refractivity contribution in [1.29, 1.82) is 10.8 Å². The molecule has 9 nitrogen and oxygen atoms in total. The fourth-order valence-electron chi connectivity index (χ4n) is 4.21. The molecule has 0 fully saturated rings. The number of amides is 1. The summed E-state index contributed by atoms with van der Waals surface area (Å²) >= 11 is 0. The summed E-state index contributed by atoms with van der Waals surface area (Å²) in [6.45, 7) is 0.123. The van der Waals surface area contributed by atoms with Gasteiger partial charge in [0.25, 0.3) is 5.91 Å². The van der Waals surface area contributed by atoms with Crippen molar-refractivity contribution in [2.24, 2.45) is 11.5 Å². The normalized spacial score (nSPS) is 12.1. The van der Waals surface area contributed by atoms with Crippen molar-refractivity contribution in [2.75, 3.05) is 0 Å². The number of rotatable bonds is 9. The lowest BCUT2D eigenvalue weighted by Gasteiger charge is -2.18. The molecule has 1 heterocycles. The first-order valence-corrected chi connectivity index (χ1v) is 11.9. The number of carbonyl (C=O) groups excluding carboxylic acids is 2. The summed E-state index contributed by atoms with van der Waals surface area (Å²) in [5.74, 6) is -3.78. The van der Waals surface area contributed by atoms with E-state index in [0.29, 0.717) is 27.6 Å². The van der Waals surface area contributed by atoms with Crippen LogP contribution in [-0.2, 0) is 27.4 Å². The maximum atomic E-state index is 13.3. The van der Waals surface area contributed by atoms with Crippen LogP contribution in [0.3, 0.4) is 0 Å². The van der Waals surface area contributed by atoms with Crippen LogP contribution in [0.15, 0.2) is 79.0 Å². The Hall–Kier alpha value is -5.13. The fourth-order valence-corrected chi connectivity index (χ4v) is 4.21. The summed E-state index contributed by atoms with van der Waals surface area (Å²) in [7, 11) is 0. The van der Waals surface area contributed by atoms with Crippen LogP contribution < -0.4 is 16.8 Å². The molecular weight excluding hydrogens is 525 g/mol. The number of hydrogen-bond acceptors (Lipinski definition) is 5. The topological polar surface area (TPSA) is 160 Å². The number of benzene rings is 3. The summed E-state index contributed by atoms with van der Waals surface area (Å²) < 4.78 is 46.1. The van der Waals surface area contributed by atoms with E-state index in [1.807, 2.05) is 0 Å². The molecule has 0 saturated carbocycles. The van der Waals surface area contributed by atoms with Gasteiger partial charge in [-0.05, 0) is 29.3 Å². The number of esters is 1. The number of halogens is 3. The van der Waals surface area contributed by atoms with Crippen molar-refractivity contribution >= 4 is 34.5 Å². The zero-order valence-electron chi connectivity index (χ0n) is 21.0. The van der Waals surface area contributed by atoms with Gasteiger partial charge in [-0.25, -0.2) is 4.79 Å². The Morgan fingerprint density at radius 3 is 2.12 bits per heavy atom. The lowest BCUT2D eigenvalue weighted by Crippen LogP contribution is -2.35. The van der Waals surface area contributed by atoms with Gasteiger partial charge in [-0.2, -0.15) is 13.2 Å². The van der Waals surface area contributed by atoms with Crippen molar-refractivity contribution in [3.8, 4) is 0 Å². The second-order valence-corrected chi connectivity index (χ2v) is 8.96. The predicted molar refractivity (Wildman–Crippen MR) is 143 cm³/mol. The maximum Gasteiger partial charge on any atom is 0.490 e. The summed E-state index contributed by atoms with van der Waals surface area (Å²) in [4.78, 5) is 25.1. The Kier molecular flexibility index (Phi) is 7.89. The van der Waals surface area contributed by atoms with Crippen molar-refractivity contribution in [3.05, 3.63) is 107 Å². The van der Waals surface area contributed by atoms with Crippen LogP contribution in [0.2, 0.25) is 0 Å². The largest absolute Gasteiger partial charge is 0.490 e. The lowest BCUT2D eigenvalue weighted by molar-refractivity contribution is -0.205. The van der Waals surface area contributed by atoms with E-state index in [2.05, 4.69) is 5.32 Å². The predicted octanol–water partition coefficient (Wildman–Crippen LogP) is 3.72. The zero-order chi connectivity index (χ0) is 29.0. The van der Waals surface area contributed by atoms with Gasteiger partial charge in [0, 0.05) is 46.9 Å². The SMILES string of the molecule is N=C(N)c1cccc(CNC(=O)C(OC(=O)C(F)(F)F)c2cn(Cc3cccc(C(=N)N)c3)c3ccccc23)c1. The van der Waals surface area contributed by atoms with Crippen LogP contribution in [0.25, 0.3) is 10.9 Å². The van der Waals surface area contributed by atoms with Crippen LogP contribution in [0.5, 0.6) is 0 Å². The smallest absolute Gasteiger partial charge is 0.441 e. The standard InChI is InChI=1S/C28H25F3N6O3/c29-28(30,31)27(39)40-23(26(38)36-13-16-5-3-7-18(11-16)24(32)33)21-15-37(22-10-2-1-9-20(21)22)14-17-6-4-8-19(12-17)25(34)35/h1-12,15,23H,13-14H2,(H3,32,33)(H3,34,35)(H,36,38). The highest BCUT2D eigenvalue weighted by atomic mass is 19.4. The van der Waals surface area contributed by atoms with Crippen LogP contribution in [0.4, 0.5) is 13.2 Å². The third kappa shape index (κ3) is 6.29. The number of ether oxygens (including phenoxy) is 1. The van der Waals surface area contributed by atoms with Gasteiger partial charge in [0.1, 0.15) is 11.7 Å². The molecular formula is C28H25F3N6O3. The minimum absolute atomic E-state index is 0.0610. The van der Waals surface area contributed by atoms with Crippen LogP contribution in [0.1, 0.15) is 33.9 Å². The molecule has 1 amide bonds. The highest BCUT2D eigenvalue weighted by molar-refractivity contribution is 5.96. The van der Waals surface area contributed by atoms with Crippen molar-refractivity contribution in [2.45, 2.75) is 25.4 Å². The molecule has 0 aliphatic rings. The van der Waals surface area contributed by atoms with Gasteiger partial charge in [-0.1, -0.05) is 54.6 Å². The molecule has 7 N–H and O–H groups in total. The number of nitrogen functional groups attached to an aromatic ring is 2. The van der Waals surface area contributed by atoms with E-state index in [4.69, 9.17) is 27.0 Å². The summed E-state index contributed by atoms with van der Waals surface area (Å²) in [6.07, 6.45) is -5.77. The fraction of sp³-hybridized carbons (Fsp3) is 0.143. The maximum absolute atomic E-state index is 13.3. The molecule has 12 heteroatoms. The first-order chi connectivity index (χ1) is 18.9. The van der Waals surface area contributed by atoms with Crippen LogP contribution in [0, 0.1) is 10.8 Å². The Labute approximate surface area is 226 Å². The number of nitrogens with zero attached hydrogens (tertiary/aromatic N) is 1. The number of aromatic nitrogens is 1. The van der Waals surface area contributed by atoms with Gasteiger partial charge in [-0.3, -0.25) is 15.6 Å². The summed E-state index contributed by atoms with van der Waals surface area (Å²) in [5, 5.41) is 18.2. The Morgan fingerprint density at radius 2 is 1.50 bits per heavy atom. The molecule has 0 bridgehead atoms. The van der Waals surface area contributed by atoms with E-state index in [1.54, 1.807) is 77.4 Å². The van der Waals surface area contributed by atoms with Gasteiger partial charge in [0.15, 0.2) is 0 Å². The molecule has 4 rings (SSSR count). The highest BCUT2D eigenvalue weighted by Crippen LogP contribution is 2.32. The molecule has 0 saturated heterocycles. The van der Waals surface area contributed by atoms with Gasteiger partial charge in [0.05, 0.1) is 0 Å². The number of amidine groups is 2. The number of carbonyl (C=O) groups is 2. The zero-order valence-corrected chi connectivity index (χ0v) is 21.0. The minimum Gasteiger partial charge on any atom is -0.441 e. The van der Waals surface area contributed by atoms with E-state index in [9.17, 15) is 22.8 Å². The first kappa shape index (κ1) is 27.9.